The molecule has 2 rings (SSSR count). The lowest BCUT2D eigenvalue weighted by Gasteiger charge is -2.12. The van der Waals surface area contributed by atoms with Crippen LogP contribution in [0.1, 0.15) is 24.0 Å². The second-order valence-corrected chi connectivity index (χ2v) is 4.38. The van der Waals surface area contributed by atoms with Crippen molar-refractivity contribution in [2.75, 3.05) is 13.2 Å². The molecule has 0 spiro atoms. The van der Waals surface area contributed by atoms with Gasteiger partial charge in [-0.15, -0.1) is 0 Å². The van der Waals surface area contributed by atoms with Crippen molar-refractivity contribution in [3.8, 4) is 0 Å². The topological polar surface area (TPSA) is 21.3 Å². The van der Waals surface area contributed by atoms with E-state index >= 15 is 0 Å². The third-order valence-electron chi connectivity index (χ3n) is 3.05. The number of benzene rings is 1. The molecule has 0 aromatic heterocycles. The maximum absolute atomic E-state index is 13.0. The Hall–Kier alpha value is -0.930. The zero-order valence-corrected chi connectivity index (χ0v) is 9.63. The van der Waals surface area contributed by atoms with Gasteiger partial charge in [-0.05, 0) is 49.6 Å². The number of ether oxygens (including phenoxy) is 1. The summed E-state index contributed by atoms with van der Waals surface area (Å²) in [7, 11) is 0. The van der Waals surface area contributed by atoms with Crippen molar-refractivity contribution < 1.29 is 9.13 Å². The lowest BCUT2D eigenvalue weighted by Crippen LogP contribution is -2.26. The molecule has 88 valence electrons. The lowest BCUT2D eigenvalue weighted by atomic mass is 10.1. The predicted molar refractivity (Wildman–Crippen MR) is 61.8 cm³/mol. The summed E-state index contributed by atoms with van der Waals surface area (Å²) < 4.78 is 18.6. The van der Waals surface area contributed by atoms with Crippen LogP contribution < -0.4 is 5.32 Å². The van der Waals surface area contributed by atoms with Gasteiger partial charge in [-0.2, -0.15) is 0 Å². The average molecular weight is 223 g/mol. The van der Waals surface area contributed by atoms with Gasteiger partial charge >= 0.3 is 0 Å². The van der Waals surface area contributed by atoms with E-state index in [1.807, 2.05) is 6.92 Å². The van der Waals surface area contributed by atoms with E-state index in [1.165, 1.54) is 18.9 Å². The molecule has 0 saturated carbocycles. The van der Waals surface area contributed by atoms with Crippen LogP contribution in [0.15, 0.2) is 18.2 Å². The van der Waals surface area contributed by atoms with E-state index in [0.29, 0.717) is 12.6 Å². The van der Waals surface area contributed by atoms with Crippen molar-refractivity contribution in [3.05, 3.63) is 35.1 Å². The van der Waals surface area contributed by atoms with Gasteiger partial charge in [0, 0.05) is 6.04 Å². The van der Waals surface area contributed by atoms with Crippen LogP contribution in [-0.4, -0.2) is 19.2 Å². The Morgan fingerprint density at radius 2 is 2.38 bits per heavy atom. The van der Waals surface area contributed by atoms with Crippen molar-refractivity contribution in [2.45, 2.75) is 32.4 Å². The van der Waals surface area contributed by atoms with E-state index in [-0.39, 0.29) is 5.82 Å². The monoisotopic (exact) mass is 223 g/mol. The number of hydrogen-bond donors (Lipinski definition) is 1. The summed E-state index contributed by atoms with van der Waals surface area (Å²) in [6, 6.07) is 5.31. The van der Waals surface area contributed by atoms with E-state index in [1.54, 1.807) is 12.1 Å². The molecule has 1 aliphatic heterocycles. The Labute approximate surface area is 95.8 Å². The molecule has 0 radical (unpaired) electrons. The molecule has 16 heavy (non-hydrogen) atoms. The first kappa shape index (κ1) is 11.6. The zero-order chi connectivity index (χ0) is 11.4. The molecule has 1 heterocycles. The smallest absolute Gasteiger partial charge is 0.123 e. The number of halogens is 1. The highest BCUT2D eigenvalue weighted by Crippen LogP contribution is 2.12. The number of nitrogens with one attached hydrogen (secondary N) is 1. The Bertz CT molecular complexity index is 348. The Balaban J connectivity index is 1.82. The second-order valence-electron chi connectivity index (χ2n) is 4.38. The highest BCUT2D eigenvalue weighted by Gasteiger charge is 2.13. The SMILES string of the molecule is Cc1ccc(F)cc1COCC1CCCN1. The highest BCUT2D eigenvalue weighted by atomic mass is 19.1. The first-order chi connectivity index (χ1) is 7.75. The van der Waals surface area contributed by atoms with Crippen LogP contribution in [0.25, 0.3) is 0 Å². The summed E-state index contributed by atoms with van der Waals surface area (Å²) in [6.45, 7) is 4.29. The van der Waals surface area contributed by atoms with E-state index < -0.39 is 0 Å². The largest absolute Gasteiger partial charge is 0.375 e. The van der Waals surface area contributed by atoms with Gasteiger partial charge in [0.15, 0.2) is 0 Å². The molecule has 2 nitrogen and oxygen atoms in total. The third kappa shape index (κ3) is 3.03. The van der Waals surface area contributed by atoms with Gasteiger partial charge in [0.25, 0.3) is 0 Å². The molecule has 1 unspecified atom stereocenters. The van der Waals surface area contributed by atoms with E-state index in [9.17, 15) is 4.39 Å². The molecule has 1 aromatic rings. The molecular weight excluding hydrogens is 205 g/mol. The van der Waals surface area contributed by atoms with Crippen LogP contribution in [-0.2, 0) is 11.3 Å². The normalized spacial score (nSPS) is 20.2. The van der Waals surface area contributed by atoms with Crippen LogP contribution in [0, 0.1) is 12.7 Å². The fourth-order valence-corrected chi connectivity index (χ4v) is 2.01. The molecule has 0 bridgehead atoms. The van der Waals surface area contributed by atoms with Gasteiger partial charge in [0.1, 0.15) is 5.82 Å². The van der Waals surface area contributed by atoms with Gasteiger partial charge in [-0.25, -0.2) is 4.39 Å². The molecule has 0 aliphatic carbocycles. The van der Waals surface area contributed by atoms with E-state index in [2.05, 4.69) is 5.32 Å². The van der Waals surface area contributed by atoms with Crippen molar-refractivity contribution >= 4 is 0 Å². The van der Waals surface area contributed by atoms with Crippen molar-refractivity contribution in [3.63, 3.8) is 0 Å². The van der Waals surface area contributed by atoms with Crippen LogP contribution in [0.5, 0.6) is 0 Å². The summed E-state index contributed by atoms with van der Waals surface area (Å²) in [5.41, 5.74) is 2.03. The van der Waals surface area contributed by atoms with E-state index in [0.717, 1.165) is 24.3 Å². The van der Waals surface area contributed by atoms with Crippen LogP contribution >= 0.6 is 0 Å². The maximum Gasteiger partial charge on any atom is 0.123 e. The van der Waals surface area contributed by atoms with Crippen LogP contribution in [0.4, 0.5) is 4.39 Å². The van der Waals surface area contributed by atoms with Crippen molar-refractivity contribution in [1.82, 2.24) is 5.32 Å². The highest BCUT2D eigenvalue weighted by molar-refractivity contribution is 5.25. The Kier molecular flexibility index (Phi) is 3.91. The number of aryl methyl sites for hydroxylation is 1. The fraction of sp³-hybridized carbons (Fsp3) is 0.538. The molecule has 1 aromatic carbocycles. The molecule has 1 atom stereocenters. The molecule has 1 N–H and O–H groups in total. The zero-order valence-electron chi connectivity index (χ0n) is 9.63. The van der Waals surface area contributed by atoms with E-state index in [4.69, 9.17) is 4.74 Å². The van der Waals surface area contributed by atoms with Gasteiger partial charge in [-0.3, -0.25) is 0 Å². The summed E-state index contributed by atoms with van der Waals surface area (Å²) in [6.07, 6.45) is 2.41. The van der Waals surface area contributed by atoms with Gasteiger partial charge in [0.05, 0.1) is 13.2 Å². The predicted octanol–water partition coefficient (Wildman–Crippen LogP) is 2.40. The third-order valence-corrected chi connectivity index (χ3v) is 3.05. The quantitative estimate of drug-likeness (QED) is 0.846. The molecule has 1 aliphatic rings. The maximum atomic E-state index is 13.0. The molecule has 1 saturated heterocycles. The van der Waals surface area contributed by atoms with Crippen molar-refractivity contribution in [2.24, 2.45) is 0 Å². The van der Waals surface area contributed by atoms with Gasteiger partial charge < -0.3 is 10.1 Å². The Morgan fingerprint density at radius 1 is 1.50 bits per heavy atom. The minimum atomic E-state index is -0.191. The summed E-state index contributed by atoms with van der Waals surface area (Å²) in [5.74, 6) is -0.191. The molecule has 0 amide bonds. The second kappa shape index (κ2) is 5.41. The number of rotatable bonds is 4. The average Bonchev–Trinajstić information content (AvgIpc) is 2.76. The van der Waals surface area contributed by atoms with Crippen molar-refractivity contribution in [1.29, 1.82) is 0 Å². The van der Waals surface area contributed by atoms with Crippen LogP contribution in [0.3, 0.4) is 0 Å². The van der Waals surface area contributed by atoms with Gasteiger partial charge in [0.2, 0.25) is 0 Å². The molecule has 1 fully saturated rings. The summed E-state index contributed by atoms with van der Waals surface area (Å²) in [4.78, 5) is 0. The minimum Gasteiger partial charge on any atom is -0.375 e. The lowest BCUT2D eigenvalue weighted by molar-refractivity contribution is 0.103. The number of hydrogen-bond acceptors (Lipinski definition) is 2. The minimum absolute atomic E-state index is 0.191. The summed E-state index contributed by atoms with van der Waals surface area (Å²) >= 11 is 0. The van der Waals surface area contributed by atoms with Gasteiger partial charge in [-0.1, -0.05) is 6.07 Å². The Morgan fingerprint density at radius 3 is 3.12 bits per heavy atom. The molecular formula is C13H18FNO. The standard InChI is InChI=1S/C13H18FNO/c1-10-4-5-12(14)7-11(10)8-16-9-13-3-2-6-15-13/h4-5,7,13,15H,2-3,6,8-9H2,1H3. The molecule has 3 heteroatoms. The summed E-state index contributed by atoms with van der Waals surface area (Å²) in [5, 5.41) is 3.37. The fourth-order valence-electron chi connectivity index (χ4n) is 2.01. The first-order valence-electron chi connectivity index (χ1n) is 5.82. The first-order valence-corrected chi connectivity index (χ1v) is 5.82. The van der Waals surface area contributed by atoms with Crippen LogP contribution in [0.2, 0.25) is 0 Å².